The van der Waals surface area contributed by atoms with E-state index in [-0.39, 0.29) is 25.0 Å². The standard InChI is InChI=1S/C11H18N2O5/c1-8(14)13-5-4-12(10(15)7-17-2)6-9(13)11(16)18-3/h9H,4-7H2,1-3H3. The maximum atomic E-state index is 11.7. The van der Waals surface area contributed by atoms with Gasteiger partial charge >= 0.3 is 5.97 Å². The average molecular weight is 258 g/mol. The molecule has 1 fully saturated rings. The van der Waals surface area contributed by atoms with Crippen LogP contribution in [0.3, 0.4) is 0 Å². The monoisotopic (exact) mass is 258 g/mol. The molecule has 7 heteroatoms. The van der Waals surface area contributed by atoms with E-state index in [9.17, 15) is 14.4 Å². The summed E-state index contributed by atoms with van der Waals surface area (Å²) in [7, 11) is 2.69. The number of rotatable bonds is 3. The summed E-state index contributed by atoms with van der Waals surface area (Å²) in [6.45, 7) is 2.23. The van der Waals surface area contributed by atoms with E-state index in [0.717, 1.165) is 0 Å². The van der Waals surface area contributed by atoms with Gasteiger partial charge in [-0.25, -0.2) is 4.79 Å². The smallest absolute Gasteiger partial charge is 0.330 e. The highest BCUT2D eigenvalue weighted by molar-refractivity contribution is 5.85. The number of piperazine rings is 1. The van der Waals surface area contributed by atoms with Crippen LogP contribution in [0.2, 0.25) is 0 Å². The summed E-state index contributed by atoms with van der Waals surface area (Å²) in [5.41, 5.74) is 0. The molecule has 1 saturated heterocycles. The summed E-state index contributed by atoms with van der Waals surface area (Å²) in [6.07, 6.45) is 0. The molecule has 0 radical (unpaired) electrons. The van der Waals surface area contributed by atoms with Crippen molar-refractivity contribution in [3.8, 4) is 0 Å². The third-order valence-electron chi connectivity index (χ3n) is 2.88. The van der Waals surface area contributed by atoms with Gasteiger partial charge in [0.25, 0.3) is 0 Å². The molecule has 1 aliphatic rings. The number of hydrogen-bond donors (Lipinski definition) is 0. The maximum Gasteiger partial charge on any atom is 0.330 e. The van der Waals surface area contributed by atoms with Gasteiger partial charge < -0.3 is 19.3 Å². The molecule has 1 atom stereocenters. The van der Waals surface area contributed by atoms with Crippen molar-refractivity contribution in [1.29, 1.82) is 0 Å². The number of methoxy groups -OCH3 is 2. The zero-order chi connectivity index (χ0) is 13.7. The van der Waals surface area contributed by atoms with E-state index in [4.69, 9.17) is 4.74 Å². The van der Waals surface area contributed by atoms with Gasteiger partial charge in [0.1, 0.15) is 12.6 Å². The summed E-state index contributed by atoms with van der Waals surface area (Å²) in [5.74, 6) is -0.918. The van der Waals surface area contributed by atoms with Crippen molar-refractivity contribution in [3.05, 3.63) is 0 Å². The van der Waals surface area contributed by atoms with Gasteiger partial charge in [-0.3, -0.25) is 9.59 Å². The number of esters is 1. The Morgan fingerprint density at radius 3 is 2.39 bits per heavy atom. The van der Waals surface area contributed by atoms with Crippen LogP contribution in [0.1, 0.15) is 6.92 Å². The van der Waals surface area contributed by atoms with Crippen molar-refractivity contribution in [2.75, 3.05) is 40.5 Å². The predicted molar refractivity (Wildman–Crippen MR) is 61.6 cm³/mol. The highest BCUT2D eigenvalue weighted by atomic mass is 16.5. The lowest BCUT2D eigenvalue weighted by molar-refractivity contribution is -0.158. The van der Waals surface area contributed by atoms with Gasteiger partial charge in [-0.1, -0.05) is 0 Å². The van der Waals surface area contributed by atoms with Gasteiger partial charge in [-0.2, -0.15) is 0 Å². The highest BCUT2D eigenvalue weighted by Gasteiger charge is 2.36. The zero-order valence-electron chi connectivity index (χ0n) is 10.8. The van der Waals surface area contributed by atoms with Crippen LogP contribution in [0.5, 0.6) is 0 Å². The highest BCUT2D eigenvalue weighted by Crippen LogP contribution is 2.12. The molecule has 1 heterocycles. The predicted octanol–water partition coefficient (Wildman–Crippen LogP) is -1.13. The number of hydrogen-bond acceptors (Lipinski definition) is 5. The summed E-state index contributed by atoms with van der Waals surface area (Å²) < 4.78 is 9.42. The minimum atomic E-state index is -0.734. The van der Waals surface area contributed by atoms with Gasteiger partial charge in [-0.15, -0.1) is 0 Å². The van der Waals surface area contributed by atoms with Crippen molar-refractivity contribution in [3.63, 3.8) is 0 Å². The fourth-order valence-corrected chi connectivity index (χ4v) is 1.94. The normalized spacial score (nSPS) is 19.6. The number of ether oxygens (including phenoxy) is 2. The number of carbonyl (C=O) groups is 3. The average Bonchev–Trinajstić information content (AvgIpc) is 2.37. The number of amides is 2. The SMILES string of the molecule is COCC(=O)N1CCN(C(C)=O)C(C(=O)OC)C1. The van der Waals surface area contributed by atoms with E-state index >= 15 is 0 Å². The van der Waals surface area contributed by atoms with Crippen molar-refractivity contribution < 1.29 is 23.9 Å². The first-order valence-corrected chi connectivity index (χ1v) is 5.63. The second-order valence-corrected chi connectivity index (χ2v) is 4.02. The van der Waals surface area contributed by atoms with E-state index in [1.54, 1.807) is 0 Å². The van der Waals surface area contributed by atoms with Crippen LogP contribution in [0, 0.1) is 0 Å². The summed E-state index contributed by atoms with van der Waals surface area (Å²) in [5, 5.41) is 0. The lowest BCUT2D eigenvalue weighted by atomic mass is 10.1. The largest absolute Gasteiger partial charge is 0.467 e. The molecule has 0 aromatic rings. The fourth-order valence-electron chi connectivity index (χ4n) is 1.94. The van der Waals surface area contributed by atoms with Gasteiger partial charge in [0.2, 0.25) is 11.8 Å². The Morgan fingerprint density at radius 1 is 1.22 bits per heavy atom. The lowest BCUT2D eigenvalue weighted by Gasteiger charge is -2.39. The van der Waals surface area contributed by atoms with Crippen molar-refractivity contribution in [2.45, 2.75) is 13.0 Å². The van der Waals surface area contributed by atoms with Crippen LogP contribution in [-0.2, 0) is 23.9 Å². The third kappa shape index (κ3) is 3.19. The molecule has 0 spiro atoms. The topological polar surface area (TPSA) is 76.2 Å². The molecule has 0 aliphatic carbocycles. The van der Waals surface area contributed by atoms with Crippen LogP contribution >= 0.6 is 0 Å². The number of nitrogens with zero attached hydrogens (tertiary/aromatic N) is 2. The Balaban J connectivity index is 2.76. The zero-order valence-corrected chi connectivity index (χ0v) is 10.8. The van der Waals surface area contributed by atoms with Gasteiger partial charge in [0, 0.05) is 27.1 Å². The minimum absolute atomic E-state index is 0.0338. The van der Waals surface area contributed by atoms with Gasteiger partial charge in [-0.05, 0) is 0 Å². The summed E-state index contributed by atoms with van der Waals surface area (Å²) >= 11 is 0. The Bertz CT molecular complexity index is 344. The molecule has 2 amide bonds. The molecule has 1 rings (SSSR count). The maximum absolute atomic E-state index is 11.7. The summed E-state index contributed by atoms with van der Waals surface area (Å²) in [4.78, 5) is 37.6. The molecule has 0 N–H and O–H groups in total. The van der Waals surface area contributed by atoms with Crippen molar-refractivity contribution >= 4 is 17.8 Å². The molecule has 0 saturated carbocycles. The first-order chi connectivity index (χ1) is 8.51. The van der Waals surface area contributed by atoms with Crippen LogP contribution in [-0.4, -0.2) is 74.1 Å². The Kier molecular flexibility index (Phi) is 5.08. The number of carbonyl (C=O) groups excluding carboxylic acids is 3. The molecular formula is C11H18N2O5. The van der Waals surface area contributed by atoms with E-state index in [1.807, 2.05) is 0 Å². The molecule has 1 aliphatic heterocycles. The van der Waals surface area contributed by atoms with E-state index < -0.39 is 12.0 Å². The van der Waals surface area contributed by atoms with E-state index in [2.05, 4.69) is 4.74 Å². The van der Waals surface area contributed by atoms with Crippen LogP contribution in [0.15, 0.2) is 0 Å². The third-order valence-corrected chi connectivity index (χ3v) is 2.88. The van der Waals surface area contributed by atoms with Crippen LogP contribution < -0.4 is 0 Å². The first-order valence-electron chi connectivity index (χ1n) is 5.63. The Morgan fingerprint density at radius 2 is 1.89 bits per heavy atom. The molecular weight excluding hydrogens is 240 g/mol. The molecule has 0 aromatic heterocycles. The van der Waals surface area contributed by atoms with Crippen molar-refractivity contribution in [2.24, 2.45) is 0 Å². The molecule has 7 nitrogen and oxygen atoms in total. The molecule has 0 bridgehead atoms. The Hall–Kier alpha value is -1.63. The van der Waals surface area contributed by atoms with E-state index in [1.165, 1.54) is 30.9 Å². The van der Waals surface area contributed by atoms with Gasteiger partial charge in [0.05, 0.1) is 13.7 Å². The van der Waals surface area contributed by atoms with Crippen molar-refractivity contribution in [1.82, 2.24) is 9.80 Å². The lowest BCUT2D eigenvalue weighted by Crippen LogP contribution is -2.59. The molecule has 18 heavy (non-hydrogen) atoms. The molecule has 102 valence electrons. The van der Waals surface area contributed by atoms with E-state index in [0.29, 0.717) is 13.1 Å². The van der Waals surface area contributed by atoms with Crippen LogP contribution in [0.4, 0.5) is 0 Å². The quantitative estimate of drug-likeness (QED) is 0.598. The second kappa shape index (κ2) is 6.34. The van der Waals surface area contributed by atoms with Gasteiger partial charge in [0.15, 0.2) is 0 Å². The first kappa shape index (κ1) is 14.4. The molecule has 1 unspecified atom stereocenters. The minimum Gasteiger partial charge on any atom is -0.467 e. The summed E-state index contributed by atoms with van der Waals surface area (Å²) in [6, 6.07) is -0.734. The van der Waals surface area contributed by atoms with Crippen LogP contribution in [0.25, 0.3) is 0 Å². The molecule has 0 aromatic carbocycles. The second-order valence-electron chi connectivity index (χ2n) is 4.02. The Labute approximate surface area is 106 Å². The fraction of sp³-hybridized carbons (Fsp3) is 0.727.